The Hall–Kier alpha value is -1.62. The molecule has 1 heterocycles. The highest BCUT2D eigenvalue weighted by atomic mass is 32.1. The van der Waals surface area contributed by atoms with E-state index in [-0.39, 0.29) is 5.82 Å². The number of nitrogens with zero attached hydrogens (tertiary/aromatic N) is 1. The molecular weight excluding hydrogens is 239 g/mol. The molecule has 0 amide bonds. The van der Waals surface area contributed by atoms with Gasteiger partial charge in [-0.3, -0.25) is 4.57 Å². The average molecular weight is 252 g/mol. The lowest BCUT2D eigenvalue weighted by atomic mass is 10.2. The van der Waals surface area contributed by atoms with Crippen molar-refractivity contribution < 1.29 is 9.13 Å². The highest BCUT2D eigenvalue weighted by Gasteiger charge is 2.10. The van der Waals surface area contributed by atoms with Gasteiger partial charge >= 0.3 is 0 Å². The van der Waals surface area contributed by atoms with E-state index in [0.29, 0.717) is 10.5 Å². The van der Waals surface area contributed by atoms with Gasteiger partial charge in [-0.1, -0.05) is 6.92 Å². The monoisotopic (exact) mass is 252 g/mol. The van der Waals surface area contributed by atoms with Gasteiger partial charge in [0.1, 0.15) is 11.6 Å². The minimum Gasteiger partial charge on any atom is -0.494 e. The summed E-state index contributed by atoms with van der Waals surface area (Å²) in [7, 11) is 1.51. The van der Waals surface area contributed by atoms with Gasteiger partial charge in [-0.25, -0.2) is 4.39 Å². The molecule has 0 radical (unpaired) electrons. The summed E-state index contributed by atoms with van der Waals surface area (Å²) in [5.74, 6) is 0.140. The van der Waals surface area contributed by atoms with Crippen LogP contribution in [-0.4, -0.2) is 16.7 Å². The van der Waals surface area contributed by atoms with Crippen LogP contribution in [0.2, 0.25) is 0 Å². The Morgan fingerprint density at radius 2 is 2.24 bits per heavy atom. The van der Waals surface area contributed by atoms with E-state index >= 15 is 0 Å². The molecule has 0 atom stereocenters. The quantitative estimate of drug-likeness (QED) is 0.850. The van der Waals surface area contributed by atoms with Crippen LogP contribution in [0.5, 0.6) is 5.75 Å². The van der Waals surface area contributed by atoms with Gasteiger partial charge in [0.05, 0.1) is 12.8 Å². The van der Waals surface area contributed by atoms with E-state index in [2.05, 4.69) is 4.98 Å². The molecule has 0 aliphatic heterocycles. The van der Waals surface area contributed by atoms with Crippen molar-refractivity contribution >= 4 is 12.2 Å². The van der Waals surface area contributed by atoms with Crippen LogP contribution < -0.4 is 4.74 Å². The summed E-state index contributed by atoms with van der Waals surface area (Å²) in [5.41, 5.74) is 1.77. The number of H-pyrrole nitrogens is 1. The number of hydrogen-bond acceptors (Lipinski definition) is 2. The molecule has 3 nitrogen and oxygen atoms in total. The first-order valence-corrected chi connectivity index (χ1v) is 5.71. The van der Waals surface area contributed by atoms with E-state index < -0.39 is 0 Å². The molecule has 1 aromatic heterocycles. The Balaban J connectivity index is 2.67. The molecule has 0 saturated carbocycles. The van der Waals surface area contributed by atoms with E-state index in [1.54, 1.807) is 6.07 Å². The van der Waals surface area contributed by atoms with Crippen molar-refractivity contribution in [3.8, 4) is 11.4 Å². The van der Waals surface area contributed by atoms with E-state index in [4.69, 9.17) is 17.0 Å². The SMILES string of the molecule is CCc1c[nH]c(=S)n1-c1ccc(F)cc1OC. The standard InChI is InChI=1S/C12H13FN2OS/c1-3-9-7-14-12(17)15(9)10-5-4-8(13)6-11(10)16-2/h4-7H,3H2,1-2H3,(H,14,17). The number of aryl methyl sites for hydroxylation is 1. The molecule has 1 N–H and O–H groups in total. The first kappa shape index (κ1) is 11.9. The van der Waals surface area contributed by atoms with Gasteiger partial charge in [0.15, 0.2) is 4.77 Å². The first-order valence-electron chi connectivity index (χ1n) is 5.30. The van der Waals surface area contributed by atoms with Crippen LogP contribution in [0.25, 0.3) is 5.69 Å². The average Bonchev–Trinajstić information content (AvgIpc) is 2.70. The number of imidazole rings is 1. The molecule has 0 aliphatic rings. The maximum absolute atomic E-state index is 13.1. The van der Waals surface area contributed by atoms with Crippen LogP contribution in [-0.2, 0) is 6.42 Å². The summed E-state index contributed by atoms with van der Waals surface area (Å²) in [5, 5.41) is 0. The number of halogens is 1. The zero-order valence-electron chi connectivity index (χ0n) is 9.66. The number of nitrogens with one attached hydrogen (secondary N) is 1. The summed E-state index contributed by atoms with van der Waals surface area (Å²) >= 11 is 5.22. The number of ether oxygens (including phenoxy) is 1. The maximum atomic E-state index is 13.1. The summed E-state index contributed by atoms with van der Waals surface area (Å²) in [6.45, 7) is 2.03. The van der Waals surface area contributed by atoms with Crippen molar-refractivity contribution in [1.29, 1.82) is 0 Å². The number of rotatable bonds is 3. The second-order valence-electron chi connectivity index (χ2n) is 3.59. The fourth-order valence-electron chi connectivity index (χ4n) is 1.77. The van der Waals surface area contributed by atoms with Crippen molar-refractivity contribution in [2.75, 3.05) is 7.11 Å². The van der Waals surface area contributed by atoms with Gasteiger partial charge in [-0.2, -0.15) is 0 Å². The Bertz CT molecular complexity index is 588. The van der Waals surface area contributed by atoms with E-state index in [1.165, 1.54) is 19.2 Å². The number of aromatic nitrogens is 2. The second kappa shape index (κ2) is 4.71. The Morgan fingerprint density at radius 1 is 1.47 bits per heavy atom. The molecular formula is C12H13FN2OS. The summed E-state index contributed by atoms with van der Waals surface area (Å²) < 4.78 is 20.7. The highest BCUT2D eigenvalue weighted by molar-refractivity contribution is 7.71. The molecule has 0 fully saturated rings. The Morgan fingerprint density at radius 3 is 2.88 bits per heavy atom. The minimum absolute atomic E-state index is 0.328. The van der Waals surface area contributed by atoms with Crippen LogP contribution in [0.15, 0.2) is 24.4 Å². The van der Waals surface area contributed by atoms with E-state index in [9.17, 15) is 4.39 Å². The van der Waals surface area contributed by atoms with Crippen molar-refractivity contribution in [2.24, 2.45) is 0 Å². The predicted molar refractivity (Wildman–Crippen MR) is 66.8 cm³/mol. The Labute approximate surface area is 104 Å². The van der Waals surface area contributed by atoms with E-state index in [1.807, 2.05) is 17.7 Å². The molecule has 0 saturated heterocycles. The Kier molecular flexibility index (Phi) is 3.28. The molecule has 2 rings (SSSR count). The molecule has 0 spiro atoms. The molecule has 0 bridgehead atoms. The largest absolute Gasteiger partial charge is 0.494 e. The van der Waals surface area contributed by atoms with Crippen molar-refractivity contribution in [2.45, 2.75) is 13.3 Å². The number of benzene rings is 1. The van der Waals surface area contributed by atoms with Crippen LogP contribution in [0.3, 0.4) is 0 Å². The first-order chi connectivity index (χ1) is 8.17. The lowest BCUT2D eigenvalue weighted by molar-refractivity contribution is 0.409. The van der Waals surface area contributed by atoms with Gasteiger partial charge in [0.25, 0.3) is 0 Å². The minimum atomic E-state index is -0.328. The number of methoxy groups -OCH3 is 1. The fourth-order valence-corrected chi connectivity index (χ4v) is 2.04. The van der Waals surface area contributed by atoms with Gasteiger partial charge < -0.3 is 9.72 Å². The topological polar surface area (TPSA) is 29.9 Å². The zero-order valence-corrected chi connectivity index (χ0v) is 10.5. The molecule has 17 heavy (non-hydrogen) atoms. The third-order valence-electron chi connectivity index (χ3n) is 2.60. The van der Waals surface area contributed by atoms with Crippen molar-refractivity contribution in [3.05, 3.63) is 40.7 Å². The molecule has 1 aromatic carbocycles. The van der Waals surface area contributed by atoms with Crippen molar-refractivity contribution in [1.82, 2.24) is 9.55 Å². The maximum Gasteiger partial charge on any atom is 0.182 e. The lowest BCUT2D eigenvalue weighted by Gasteiger charge is -2.11. The molecule has 0 unspecified atom stereocenters. The van der Waals surface area contributed by atoms with Gasteiger partial charge in [-0.05, 0) is 30.8 Å². The molecule has 90 valence electrons. The third kappa shape index (κ3) is 2.10. The molecule has 5 heteroatoms. The number of aromatic amines is 1. The normalized spacial score (nSPS) is 10.5. The molecule has 2 aromatic rings. The highest BCUT2D eigenvalue weighted by Crippen LogP contribution is 2.25. The summed E-state index contributed by atoms with van der Waals surface area (Å²) in [6.07, 6.45) is 2.68. The third-order valence-corrected chi connectivity index (χ3v) is 2.90. The van der Waals surface area contributed by atoms with Crippen LogP contribution in [0.1, 0.15) is 12.6 Å². The van der Waals surface area contributed by atoms with Gasteiger partial charge in [0.2, 0.25) is 0 Å². The predicted octanol–water partition coefficient (Wildman–Crippen LogP) is 3.24. The van der Waals surface area contributed by atoms with Crippen LogP contribution in [0, 0.1) is 10.6 Å². The van der Waals surface area contributed by atoms with Crippen molar-refractivity contribution in [3.63, 3.8) is 0 Å². The lowest BCUT2D eigenvalue weighted by Crippen LogP contribution is -2.02. The number of hydrogen-bond donors (Lipinski definition) is 1. The summed E-state index contributed by atoms with van der Waals surface area (Å²) in [4.78, 5) is 2.98. The van der Waals surface area contributed by atoms with Gasteiger partial charge in [0, 0.05) is 18.0 Å². The summed E-state index contributed by atoms with van der Waals surface area (Å²) in [6, 6.07) is 4.41. The second-order valence-corrected chi connectivity index (χ2v) is 3.98. The smallest absolute Gasteiger partial charge is 0.182 e. The fraction of sp³-hybridized carbons (Fsp3) is 0.250. The van der Waals surface area contributed by atoms with Crippen LogP contribution >= 0.6 is 12.2 Å². The van der Waals surface area contributed by atoms with Gasteiger partial charge in [-0.15, -0.1) is 0 Å². The van der Waals surface area contributed by atoms with Crippen LogP contribution in [0.4, 0.5) is 4.39 Å². The molecule has 0 aliphatic carbocycles. The van der Waals surface area contributed by atoms with E-state index in [0.717, 1.165) is 17.8 Å². The zero-order chi connectivity index (χ0) is 12.4.